The summed E-state index contributed by atoms with van der Waals surface area (Å²) in [6.07, 6.45) is 0. The lowest BCUT2D eigenvalue weighted by Crippen LogP contribution is -2.36. The standard InChI is InChI=1S/C14H23ClN2/c1-5-17(4)10-12(3)16-9-13-7-6-11(2)8-14(13)15/h6-8,12,16H,5,9-10H2,1-4H3. The van der Waals surface area contributed by atoms with Crippen LogP contribution in [0.25, 0.3) is 0 Å². The van der Waals surface area contributed by atoms with Crippen LogP contribution >= 0.6 is 11.6 Å². The van der Waals surface area contributed by atoms with Crippen molar-refractivity contribution in [2.75, 3.05) is 20.1 Å². The number of likely N-dealkylation sites (N-methyl/N-ethyl adjacent to an activating group) is 1. The van der Waals surface area contributed by atoms with E-state index in [0.29, 0.717) is 6.04 Å². The molecule has 1 N–H and O–H groups in total. The molecular weight excluding hydrogens is 232 g/mol. The summed E-state index contributed by atoms with van der Waals surface area (Å²) in [7, 11) is 2.14. The molecule has 0 aliphatic heterocycles. The fourth-order valence-electron chi connectivity index (χ4n) is 1.74. The molecular formula is C14H23ClN2. The van der Waals surface area contributed by atoms with Gasteiger partial charge in [-0.3, -0.25) is 0 Å². The van der Waals surface area contributed by atoms with Crippen molar-refractivity contribution in [2.45, 2.75) is 33.4 Å². The Morgan fingerprint density at radius 2 is 2.12 bits per heavy atom. The Morgan fingerprint density at radius 3 is 2.71 bits per heavy atom. The number of aryl methyl sites for hydroxylation is 1. The molecule has 0 bridgehead atoms. The molecule has 0 radical (unpaired) electrons. The summed E-state index contributed by atoms with van der Waals surface area (Å²) in [5, 5.41) is 4.35. The second kappa shape index (κ2) is 7.00. The molecule has 0 amide bonds. The van der Waals surface area contributed by atoms with Crippen molar-refractivity contribution in [3.05, 3.63) is 34.3 Å². The van der Waals surface area contributed by atoms with Crippen LogP contribution in [0, 0.1) is 6.92 Å². The summed E-state index contributed by atoms with van der Waals surface area (Å²) in [5.74, 6) is 0. The van der Waals surface area contributed by atoms with Gasteiger partial charge in [0, 0.05) is 24.2 Å². The van der Waals surface area contributed by atoms with E-state index in [1.54, 1.807) is 0 Å². The predicted molar refractivity (Wildman–Crippen MR) is 75.7 cm³/mol. The first kappa shape index (κ1) is 14.5. The second-order valence-corrected chi connectivity index (χ2v) is 5.14. The van der Waals surface area contributed by atoms with Crippen LogP contribution in [-0.4, -0.2) is 31.1 Å². The molecule has 0 aliphatic rings. The van der Waals surface area contributed by atoms with Crippen molar-refractivity contribution >= 4 is 11.6 Å². The van der Waals surface area contributed by atoms with E-state index in [0.717, 1.165) is 24.7 Å². The normalized spacial score (nSPS) is 13.1. The van der Waals surface area contributed by atoms with Crippen LogP contribution in [0.5, 0.6) is 0 Å². The highest BCUT2D eigenvalue weighted by Gasteiger charge is 2.06. The number of rotatable bonds is 6. The van der Waals surface area contributed by atoms with Gasteiger partial charge >= 0.3 is 0 Å². The van der Waals surface area contributed by atoms with Crippen LogP contribution in [0.15, 0.2) is 18.2 Å². The summed E-state index contributed by atoms with van der Waals surface area (Å²) in [5.41, 5.74) is 2.38. The van der Waals surface area contributed by atoms with Gasteiger partial charge in [-0.1, -0.05) is 30.7 Å². The summed E-state index contributed by atoms with van der Waals surface area (Å²) < 4.78 is 0. The maximum absolute atomic E-state index is 6.20. The van der Waals surface area contributed by atoms with E-state index in [1.165, 1.54) is 11.1 Å². The van der Waals surface area contributed by atoms with Gasteiger partial charge in [-0.15, -0.1) is 0 Å². The van der Waals surface area contributed by atoms with Gasteiger partial charge in [-0.05, 0) is 44.6 Å². The fraction of sp³-hybridized carbons (Fsp3) is 0.571. The molecule has 0 saturated carbocycles. The van der Waals surface area contributed by atoms with E-state index in [9.17, 15) is 0 Å². The first-order chi connectivity index (χ1) is 8.02. The molecule has 0 aliphatic carbocycles. The maximum atomic E-state index is 6.20. The minimum atomic E-state index is 0.470. The second-order valence-electron chi connectivity index (χ2n) is 4.73. The van der Waals surface area contributed by atoms with E-state index in [-0.39, 0.29) is 0 Å². The number of hydrogen-bond acceptors (Lipinski definition) is 2. The third-order valence-electron chi connectivity index (χ3n) is 2.97. The van der Waals surface area contributed by atoms with Gasteiger partial charge in [0.15, 0.2) is 0 Å². The van der Waals surface area contributed by atoms with Crippen LogP contribution in [0.4, 0.5) is 0 Å². The highest BCUT2D eigenvalue weighted by Crippen LogP contribution is 2.17. The Kier molecular flexibility index (Phi) is 5.96. The van der Waals surface area contributed by atoms with Crippen LogP contribution in [0.3, 0.4) is 0 Å². The highest BCUT2D eigenvalue weighted by atomic mass is 35.5. The molecule has 1 aromatic carbocycles. The number of benzene rings is 1. The zero-order valence-corrected chi connectivity index (χ0v) is 12.0. The van der Waals surface area contributed by atoms with E-state index in [1.807, 2.05) is 6.07 Å². The molecule has 96 valence electrons. The Bertz CT molecular complexity index is 352. The molecule has 0 saturated heterocycles. The Balaban J connectivity index is 2.44. The lowest BCUT2D eigenvalue weighted by atomic mass is 10.1. The monoisotopic (exact) mass is 254 g/mol. The summed E-state index contributed by atoms with van der Waals surface area (Å²) in [6.45, 7) is 9.40. The van der Waals surface area contributed by atoms with Gasteiger partial charge in [0.05, 0.1) is 0 Å². The van der Waals surface area contributed by atoms with Crippen LogP contribution in [0.2, 0.25) is 5.02 Å². The third kappa shape index (κ3) is 5.07. The van der Waals surface area contributed by atoms with Crippen LogP contribution in [0.1, 0.15) is 25.0 Å². The largest absolute Gasteiger partial charge is 0.309 e. The molecule has 2 nitrogen and oxygen atoms in total. The summed E-state index contributed by atoms with van der Waals surface area (Å²) >= 11 is 6.20. The van der Waals surface area contributed by atoms with Gasteiger partial charge in [-0.25, -0.2) is 0 Å². The van der Waals surface area contributed by atoms with Crippen molar-refractivity contribution in [2.24, 2.45) is 0 Å². The fourth-order valence-corrected chi connectivity index (χ4v) is 2.04. The first-order valence-electron chi connectivity index (χ1n) is 6.20. The topological polar surface area (TPSA) is 15.3 Å². The number of nitrogens with one attached hydrogen (secondary N) is 1. The van der Waals surface area contributed by atoms with E-state index in [2.05, 4.69) is 50.2 Å². The first-order valence-corrected chi connectivity index (χ1v) is 6.57. The summed E-state index contributed by atoms with van der Waals surface area (Å²) in [4.78, 5) is 2.30. The molecule has 0 heterocycles. The molecule has 1 aromatic rings. The van der Waals surface area contributed by atoms with E-state index < -0.39 is 0 Å². The Morgan fingerprint density at radius 1 is 1.41 bits per heavy atom. The lowest BCUT2D eigenvalue weighted by molar-refractivity contribution is 0.309. The van der Waals surface area contributed by atoms with Crippen molar-refractivity contribution in [1.82, 2.24) is 10.2 Å². The molecule has 0 spiro atoms. The highest BCUT2D eigenvalue weighted by molar-refractivity contribution is 6.31. The van der Waals surface area contributed by atoms with Crippen molar-refractivity contribution < 1.29 is 0 Å². The van der Waals surface area contributed by atoms with Gasteiger partial charge in [-0.2, -0.15) is 0 Å². The quantitative estimate of drug-likeness (QED) is 0.839. The van der Waals surface area contributed by atoms with Gasteiger partial charge in [0.2, 0.25) is 0 Å². The van der Waals surface area contributed by atoms with E-state index >= 15 is 0 Å². The molecule has 1 unspecified atom stereocenters. The number of nitrogens with zero attached hydrogens (tertiary/aromatic N) is 1. The van der Waals surface area contributed by atoms with Crippen molar-refractivity contribution in [3.63, 3.8) is 0 Å². The van der Waals surface area contributed by atoms with Crippen molar-refractivity contribution in [3.8, 4) is 0 Å². The van der Waals surface area contributed by atoms with Crippen LogP contribution < -0.4 is 5.32 Å². The third-order valence-corrected chi connectivity index (χ3v) is 3.33. The Hall–Kier alpha value is -0.570. The molecule has 1 rings (SSSR count). The summed E-state index contributed by atoms with van der Waals surface area (Å²) in [6, 6.07) is 6.69. The molecule has 0 aromatic heterocycles. The van der Waals surface area contributed by atoms with Crippen LogP contribution in [-0.2, 0) is 6.54 Å². The van der Waals surface area contributed by atoms with Gasteiger partial charge in [0.25, 0.3) is 0 Å². The maximum Gasteiger partial charge on any atom is 0.0453 e. The smallest absolute Gasteiger partial charge is 0.0453 e. The van der Waals surface area contributed by atoms with E-state index in [4.69, 9.17) is 11.6 Å². The molecule has 17 heavy (non-hydrogen) atoms. The average molecular weight is 255 g/mol. The number of hydrogen-bond donors (Lipinski definition) is 1. The minimum absolute atomic E-state index is 0.470. The zero-order chi connectivity index (χ0) is 12.8. The average Bonchev–Trinajstić information content (AvgIpc) is 2.27. The SMILES string of the molecule is CCN(C)CC(C)NCc1ccc(C)cc1Cl. The molecule has 3 heteroatoms. The van der Waals surface area contributed by atoms with Gasteiger partial charge in [0.1, 0.15) is 0 Å². The lowest BCUT2D eigenvalue weighted by Gasteiger charge is -2.21. The van der Waals surface area contributed by atoms with Gasteiger partial charge < -0.3 is 10.2 Å². The molecule has 1 atom stereocenters. The Labute approximate surface area is 110 Å². The predicted octanol–water partition coefficient (Wildman–Crippen LogP) is 3.08. The number of halogens is 1. The molecule has 0 fully saturated rings. The van der Waals surface area contributed by atoms with Crippen molar-refractivity contribution in [1.29, 1.82) is 0 Å². The minimum Gasteiger partial charge on any atom is -0.309 e. The zero-order valence-electron chi connectivity index (χ0n) is 11.3.